The molecule has 0 amide bonds. The summed E-state index contributed by atoms with van der Waals surface area (Å²) in [4.78, 5) is 18.8. The summed E-state index contributed by atoms with van der Waals surface area (Å²) in [5.41, 5.74) is 0.0663. The van der Waals surface area contributed by atoms with Crippen molar-refractivity contribution >= 4 is 23.4 Å². The standard InChI is InChI=1S/C12H14ClN3O3/c13-11-14-6-8(10(17)18)9(16-11)15-7-1-4-19-12(5-7)2-3-12/h6-7H,1-5H2,(H,17,18)(H,14,15,16). The first kappa shape index (κ1) is 12.6. The first-order valence-electron chi connectivity index (χ1n) is 6.24. The van der Waals surface area contributed by atoms with Gasteiger partial charge in [0, 0.05) is 18.8 Å². The van der Waals surface area contributed by atoms with Crippen LogP contribution in [0.2, 0.25) is 5.28 Å². The van der Waals surface area contributed by atoms with Gasteiger partial charge >= 0.3 is 5.97 Å². The number of aromatic carboxylic acids is 1. The number of halogens is 1. The van der Waals surface area contributed by atoms with E-state index in [1.165, 1.54) is 6.20 Å². The Kier molecular flexibility index (Phi) is 3.06. The minimum Gasteiger partial charge on any atom is -0.477 e. The van der Waals surface area contributed by atoms with Gasteiger partial charge in [-0.15, -0.1) is 0 Å². The van der Waals surface area contributed by atoms with E-state index in [1.54, 1.807) is 0 Å². The lowest BCUT2D eigenvalue weighted by molar-refractivity contribution is -0.00884. The van der Waals surface area contributed by atoms with Crippen molar-refractivity contribution in [1.29, 1.82) is 0 Å². The molecular weight excluding hydrogens is 270 g/mol. The molecule has 6 nitrogen and oxygen atoms in total. The van der Waals surface area contributed by atoms with Crippen molar-refractivity contribution in [3.05, 3.63) is 17.0 Å². The maximum Gasteiger partial charge on any atom is 0.341 e. The second kappa shape index (κ2) is 4.61. The van der Waals surface area contributed by atoms with Crippen molar-refractivity contribution in [2.75, 3.05) is 11.9 Å². The molecule has 1 aromatic heterocycles. The van der Waals surface area contributed by atoms with Gasteiger partial charge in [0.15, 0.2) is 0 Å². The Morgan fingerprint density at radius 1 is 1.58 bits per heavy atom. The summed E-state index contributed by atoms with van der Waals surface area (Å²) in [6.45, 7) is 0.693. The molecule has 1 spiro atoms. The minimum atomic E-state index is -1.06. The third-order valence-corrected chi connectivity index (χ3v) is 3.81. The third-order valence-electron chi connectivity index (χ3n) is 3.63. The number of ether oxygens (including phenoxy) is 1. The van der Waals surface area contributed by atoms with Gasteiger partial charge in [-0.1, -0.05) is 0 Å². The third kappa shape index (κ3) is 2.64. The van der Waals surface area contributed by atoms with Gasteiger partial charge in [0.1, 0.15) is 11.4 Å². The van der Waals surface area contributed by atoms with Gasteiger partial charge in [-0.2, -0.15) is 4.98 Å². The molecule has 1 aromatic rings. The molecule has 1 atom stereocenters. The maximum absolute atomic E-state index is 11.1. The Bertz CT molecular complexity index is 519. The Balaban J connectivity index is 1.78. The number of carboxylic acids is 1. The van der Waals surface area contributed by atoms with Crippen LogP contribution in [-0.4, -0.2) is 39.3 Å². The molecule has 2 N–H and O–H groups in total. The van der Waals surface area contributed by atoms with Gasteiger partial charge in [-0.25, -0.2) is 9.78 Å². The van der Waals surface area contributed by atoms with Crippen molar-refractivity contribution < 1.29 is 14.6 Å². The maximum atomic E-state index is 11.1. The van der Waals surface area contributed by atoms with E-state index in [-0.39, 0.29) is 28.3 Å². The van der Waals surface area contributed by atoms with E-state index >= 15 is 0 Å². The predicted molar refractivity (Wildman–Crippen MR) is 68.6 cm³/mol. The summed E-state index contributed by atoms with van der Waals surface area (Å²) in [6.07, 6.45) is 5.12. The Hall–Kier alpha value is -1.40. The molecule has 1 unspecified atom stereocenters. The first-order chi connectivity index (χ1) is 9.08. The highest BCUT2D eigenvalue weighted by Gasteiger charge is 2.47. The van der Waals surface area contributed by atoms with Gasteiger partial charge in [-0.3, -0.25) is 0 Å². The van der Waals surface area contributed by atoms with Gasteiger partial charge < -0.3 is 15.2 Å². The molecule has 7 heteroatoms. The molecule has 2 fully saturated rings. The van der Waals surface area contributed by atoms with Crippen LogP contribution in [-0.2, 0) is 4.74 Å². The number of hydrogen-bond donors (Lipinski definition) is 2. The number of carbonyl (C=O) groups is 1. The summed E-state index contributed by atoms with van der Waals surface area (Å²) >= 11 is 5.73. The van der Waals surface area contributed by atoms with Crippen LogP contribution in [0.25, 0.3) is 0 Å². The van der Waals surface area contributed by atoms with Gasteiger partial charge in [-0.05, 0) is 37.3 Å². The number of anilines is 1. The molecule has 0 aromatic carbocycles. The van der Waals surface area contributed by atoms with Crippen molar-refractivity contribution in [3.8, 4) is 0 Å². The Morgan fingerprint density at radius 2 is 2.37 bits per heavy atom. The first-order valence-corrected chi connectivity index (χ1v) is 6.62. The largest absolute Gasteiger partial charge is 0.477 e. The van der Waals surface area contributed by atoms with E-state index in [2.05, 4.69) is 15.3 Å². The molecule has 1 aliphatic heterocycles. The zero-order valence-electron chi connectivity index (χ0n) is 10.2. The highest BCUT2D eigenvalue weighted by atomic mass is 35.5. The van der Waals surface area contributed by atoms with E-state index in [9.17, 15) is 4.79 Å². The smallest absolute Gasteiger partial charge is 0.341 e. The highest BCUT2D eigenvalue weighted by molar-refractivity contribution is 6.28. The van der Waals surface area contributed by atoms with E-state index in [0.717, 1.165) is 25.7 Å². The summed E-state index contributed by atoms with van der Waals surface area (Å²) in [5, 5.41) is 12.3. The fourth-order valence-electron chi connectivity index (χ4n) is 2.46. The highest BCUT2D eigenvalue weighted by Crippen LogP contribution is 2.46. The average molecular weight is 284 g/mol. The average Bonchev–Trinajstić information content (AvgIpc) is 3.08. The number of carboxylic acid groups (broad SMARTS) is 1. The molecule has 0 bridgehead atoms. The molecule has 2 aliphatic rings. The topological polar surface area (TPSA) is 84.3 Å². The van der Waals surface area contributed by atoms with Gasteiger partial charge in [0.2, 0.25) is 5.28 Å². The lowest BCUT2D eigenvalue weighted by Crippen LogP contribution is -2.36. The van der Waals surface area contributed by atoms with Crippen molar-refractivity contribution in [3.63, 3.8) is 0 Å². The van der Waals surface area contributed by atoms with Crippen LogP contribution in [0.15, 0.2) is 6.20 Å². The van der Waals surface area contributed by atoms with Gasteiger partial charge in [0.25, 0.3) is 0 Å². The zero-order valence-corrected chi connectivity index (χ0v) is 11.0. The van der Waals surface area contributed by atoms with E-state index in [4.69, 9.17) is 21.4 Å². The fourth-order valence-corrected chi connectivity index (χ4v) is 2.59. The summed E-state index contributed by atoms with van der Waals surface area (Å²) in [7, 11) is 0. The Morgan fingerprint density at radius 3 is 3.05 bits per heavy atom. The quantitative estimate of drug-likeness (QED) is 0.825. The summed E-state index contributed by atoms with van der Waals surface area (Å²) < 4.78 is 5.73. The van der Waals surface area contributed by atoms with Crippen LogP contribution < -0.4 is 5.32 Å². The minimum absolute atomic E-state index is 0.0239. The molecule has 102 valence electrons. The predicted octanol–water partition coefficient (Wildman–Crippen LogP) is 1.95. The van der Waals surface area contributed by atoms with E-state index in [1.807, 2.05) is 0 Å². The summed E-state index contributed by atoms with van der Waals surface area (Å²) in [5.74, 6) is -0.775. The van der Waals surface area contributed by atoms with Crippen molar-refractivity contribution in [1.82, 2.24) is 9.97 Å². The van der Waals surface area contributed by atoms with Crippen LogP contribution in [0.5, 0.6) is 0 Å². The van der Waals surface area contributed by atoms with Crippen molar-refractivity contribution in [2.45, 2.75) is 37.3 Å². The molecule has 1 saturated heterocycles. The lowest BCUT2D eigenvalue weighted by Gasteiger charge is -2.30. The zero-order chi connectivity index (χ0) is 13.5. The SMILES string of the molecule is O=C(O)c1cnc(Cl)nc1NC1CCOC2(CC2)C1. The van der Waals surface area contributed by atoms with Crippen molar-refractivity contribution in [2.24, 2.45) is 0 Å². The number of nitrogens with one attached hydrogen (secondary N) is 1. The number of rotatable bonds is 3. The molecule has 1 aliphatic carbocycles. The molecule has 0 radical (unpaired) electrons. The van der Waals surface area contributed by atoms with Crippen LogP contribution in [0, 0.1) is 0 Å². The molecule has 3 rings (SSSR count). The second-order valence-corrected chi connectivity index (χ2v) is 5.41. The molecule has 1 saturated carbocycles. The monoisotopic (exact) mass is 283 g/mol. The Labute approximate surface area is 115 Å². The van der Waals surface area contributed by atoms with E-state index in [0.29, 0.717) is 6.61 Å². The number of aromatic nitrogens is 2. The van der Waals surface area contributed by atoms with E-state index < -0.39 is 5.97 Å². The molecular formula is C12H14ClN3O3. The summed E-state index contributed by atoms with van der Waals surface area (Å²) in [6, 6.07) is 0.167. The van der Waals surface area contributed by atoms with Crippen LogP contribution in [0.4, 0.5) is 5.82 Å². The lowest BCUT2D eigenvalue weighted by atomic mass is 10.0. The van der Waals surface area contributed by atoms with Crippen LogP contribution in [0.3, 0.4) is 0 Å². The van der Waals surface area contributed by atoms with Gasteiger partial charge in [0.05, 0.1) is 5.60 Å². The number of nitrogens with zero attached hydrogens (tertiary/aromatic N) is 2. The normalized spacial score (nSPS) is 24.2. The molecule has 19 heavy (non-hydrogen) atoms. The van der Waals surface area contributed by atoms with Crippen LogP contribution >= 0.6 is 11.6 Å². The fraction of sp³-hybridized carbons (Fsp3) is 0.583. The second-order valence-electron chi connectivity index (χ2n) is 5.07. The number of hydrogen-bond acceptors (Lipinski definition) is 5. The van der Waals surface area contributed by atoms with Crippen LogP contribution in [0.1, 0.15) is 36.0 Å². The molecule has 2 heterocycles.